The maximum absolute atomic E-state index is 13.2. The molecule has 5 N–H and O–H groups in total. The molecule has 5 nitrogen and oxygen atoms in total. The molecule has 0 unspecified atom stereocenters. The maximum atomic E-state index is 13.2. The monoisotopic (exact) mass is 295 g/mol. The fraction of sp³-hybridized carbons (Fsp3) is 0.0769. The Morgan fingerprint density at radius 3 is 2.45 bits per heavy atom. The number of hydrogen-bond acceptors (Lipinski definition) is 4. The number of sulfonamides is 1. The Kier molecular flexibility index (Phi) is 3.65. The van der Waals surface area contributed by atoms with E-state index in [-0.39, 0.29) is 22.1 Å². The first-order chi connectivity index (χ1) is 9.27. The molecule has 2 aromatic rings. The Morgan fingerprint density at radius 2 is 1.85 bits per heavy atom. The summed E-state index contributed by atoms with van der Waals surface area (Å²) in [5, 5.41) is 8.04. The van der Waals surface area contributed by atoms with E-state index in [4.69, 9.17) is 10.9 Å². The van der Waals surface area contributed by atoms with Gasteiger partial charge in [0.05, 0.1) is 5.69 Å². The van der Waals surface area contributed by atoms with Crippen molar-refractivity contribution in [2.75, 3.05) is 11.1 Å². The second-order valence-corrected chi connectivity index (χ2v) is 5.92. The third-order valence-corrected chi connectivity index (χ3v) is 3.70. The molecule has 0 radical (unpaired) electrons. The molecule has 0 aliphatic carbocycles. The van der Waals surface area contributed by atoms with Crippen LogP contribution in [0.3, 0.4) is 0 Å². The van der Waals surface area contributed by atoms with Gasteiger partial charge in [-0.25, -0.2) is 17.9 Å². The first-order valence-corrected chi connectivity index (χ1v) is 7.27. The van der Waals surface area contributed by atoms with Gasteiger partial charge in [-0.15, -0.1) is 0 Å². The molecular weight excluding hydrogens is 281 g/mol. The predicted molar refractivity (Wildman–Crippen MR) is 76.6 cm³/mol. The van der Waals surface area contributed by atoms with Crippen molar-refractivity contribution in [3.8, 4) is 0 Å². The molecule has 0 fully saturated rings. The molecule has 0 atom stereocenters. The van der Waals surface area contributed by atoms with Gasteiger partial charge in [0.15, 0.2) is 0 Å². The summed E-state index contributed by atoms with van der Waals surface area (Å²) in [6.45, 7) is 1.62. The largest absolute Gasteiger partial charge is 0.399 e. The van der Waals surface area contributed by atoms with Crippen LogP contribution in [-0.4, -0.2) is 8.42 Å². The van der Waals surface area contributed by atoms with Crippen LogP contribution in [-0.2, 0) is 10.0 Å². The molecule has 20 heavy (non-hydrogen) atoms. The van der Waals surface area contributed by atoms with Gasteiger partial charge in [-0.05, 0) is 48.9 Å². The molecule has 2 aromatic carbocycles. The van der Waals surface area contributed by atoms with Crippen molar-refractivity contribution in [3.63, 3.8) is 0 Å². The van der Waals surface area contributed by atoms with Crippen molar-refractivity contribution in [3.05, 3.63) is 47.8 Å². The standard InChI is InChI=1S/C13H14FN3O2S/c1-8-6-10(3-4-11(8)14)17-12-5-2-9(15)7-13(12)20(16,18)19/h2-7,17H,15H2,1H3,(H2,16,18,19). The fourth-order valence-corrected chi connectivity index (χ4v) is 2.48. The SMILES string of the molecule is Cc1cc(Nc2ccc(N)cc2S(N)(=O)=O)ccc1F. The second kappa shape index (κ2) is 5.10. The van der Waals surface area contributed by atoms with Crippen LogP contribution in [0.4, 0.5) is 21.5 Å². The zero-order valence-electron chi connectivity index (χ0n) is 10.7. The summed E-state index contributed by atoms with van der Waals surface area (Å²) in [6, 6.07) is 8.70. The van der Waals surface area contributed by atoms with Gasteiger partial charge >= 0.3 is 0 Å². The lowest BCUT2D eigenvalue weighted by Crippen LogP contribution is -2.14. The molecule has 106 valence electrons. The lowest BCUT2D eigenvalue weighted by Gasteiger charge is -2.12. The van der Waals surface area contributed by atoms with Crippen LogP contribution in [0.2, 0.25) is 0 Å². The zero-order chi connectivity index (χ0) is 14.9. The summed E-state index contributed by atoms with van der Waals surface area (Å²) in [4.78, 5) is -0.112. The van der Waals surface area contributed by atoms with E-state index in [1.165, 1.54) is 24.3 Å². The molecule has 7 heteroatoms. The summed E-state index contributed by atoms with van der Waals surface area (Å²) in [5.74, 6) is -0.334. The highest BCUT2D eigenvalue weighted by molar-refractivity contribution is 7.89. The Labute approximate surface area is 116 Å². The van der Waals surface area contributed by atoms with Gasteiger partial charge in [-0.2, -0.15) is 0 Å². The van der Waals surface area contributed by atoms with Gasteiger partial charge in [-0.3, -0.25) is 0 Å². The molecule has 0 saturated carbocycles. The summed E-state index contributed by atoms with van der Waals surface area (Å²) in [7, 11) is -3.91. The Morgan fingerprint density at radius 1 is 1.15 bits per heavy atom. The van der Waals surface area contributed by atoms with Crippen molar-refractivity contribution in [2.45, 2.75) is 11.8 Å². The van der Waals surface area contributed by atoms with Crippen LogP contribution in [0.5, 0.6) is 0 Å². The van der Waals surface area contributed by atoms with E-state index in [2.05, 4.69) is 5.32 Å². The van der Waals surface area contributed by atoms with Crippen molar-refractivity contribution < 1.29 is 12.8 Å². The first-order valence-electron chi connectivity index (χ1n) is 5.73. The Balaban J connectivity index is 2.46. The lowest BCUT2D eigenvalue weighted by atomic mass is 10.2. The number of nitrogens with one attached hydrogen (secondary N) is 1. The molecule has 0 bridgehead atoms. The zero-order valence-corrected chi connectivity index (χ0v) is 11.5. The van der Waals surface area contributed by atoms with Crippen LogP contribution in [0.25, 0.3) is 0 Å². The number of nitrogens with two attached hydrogens (primary N) is 2. The molecular formula is C13H14FN3O2S. The van der Waals surface area contributed by atoms with Crippen molar-refractivity contribution in [2.24, 2.45) is 5.14 Å². The predicted octanol–water partition coefficient (Wildman–Crippen LogP) is 2.11. The molecule has 0 spiro atoms. The van der Waals surface area contributed by atoms with E-state index in [0.717, 1.165) is 0 Å². The second-order valence-electron chi connectivity index (χ2n) is 4.39. The number of anilines is 3. The lowest BCUT2D eigenvalue weighted by molar-refractivity contribution is 0.598. The Hall–Kier alpha value is -2.12. The van der Waals surface area contributed by atoms with Gasteiger partial charge < -0.3 is 11.1 Å². The molecule has 0 saturated heterocycles. The molecule has 0 heterocycles. The summed E-state index contributed by atoms with van der Waals surface area (Å²) < 4.78 is 36.3. The summed E-state index contributed by atoms with van der Waals surface area (Å²) in [6.07, 6.45) is 0. The van der Waals surface area contributed by atoms with Crippen molar-refractivity contribution in [1.82, 2.24) is 0 Å². The van der Waals surface area contributed by atoms with Crippen LogP contribution >= 0.6 is 0 Å². The minimum atomic E-state index is -3.91. The number of benzene rings is 2. The maximum Gasteiger partial charge on any atom is 0.240 e. The third kappa shape index (κ3) is 3.06. The molecule has 0 amide bonds. The molecule has 0 aliphatic heterocycles. The Bertz CT molecular complexity index is 760. The highest BCUT2D eigenvalue weighted by Crippen LogP contribution is 2.27. The van der Waals surface area contributed by atoms with E-state index in [9.17, 15) is 12.8 Å². The molecule has 0 aliphatic rings. The number of primary sulfonamides is 1. The average Bonchev–Trinajstić information content (AvgIpc) is 2.35. The molecule has 0 aromatic heterocycles. The van der Waals surface area contributed by atoms with Gasteiger partial charge in [0.1, 0.15) is 10.7 Å². The van der Waals surface area contributed by atoms with Crippen LogP contribution < -0.4 is 16.2 Å². The van der Waals surface area contributed by atoms with Crippen LogP contribution in [0, 0.1) is 12.7 Å². The average molecular weight is 295 g/mol. The van der Waals surface area contributed by atoms with Gasteiger partial charge in [0.25, 0.3) is 0 Å². The number of halogens is 1. The minimum Gasteiger partial charge on any atom is -0.399 e. The van der Waals surface area contributed by atoms with E-state index < -0.39 is 10.0 Å². The van der Waals surface area contributed by atoms with E-state index in [1.54, 1.807) is 19.1 Å². The highest BCUT2D eigenvalue weighted by Gasteiger charge is 2.14. The van der Waals surface area contributed by atoms with E-state index in [0.29, 0.717) is 11.3 Å². The van der Waals surface area contributed by atoms with E-state index in [1.807, 2.05) is 0 Å². The van der Waals surface area contributed by atoms with Gasteiger partial charge in [0, 0.05) is 11.4 Å². The highest BCUT2D eigenvalue weighted by atomic mass is 32.2. The number of aryl methyl sites for hydroxylation is 1. The quantitative estimate of drug-likeness (QED) is 0.755. The summed E-state index contributed by atoms with van der Waals surface area (Å²) >= 11 is 0. The van der Waals surface area contributed by atoms with Crippen molar-refractivity contribution in [1.29, 1.82) is 0 Å². The topological polar surface area (TPSA) is 98.2 Å². The third-order valence-electron chi connectivity index (χ3n) is 2.75. The number of nitrogen functional groups attached to an aromatic ring is 1. The fourth-order valence-electron chi connectivity index (χ4n) is 1.76. The van der Waals surface area contributed by atoms with Crippen molar-refractivity contribution >= 4 is 27.1 Å². The van der Waals surface area contributed by atoms with Crippen LogP contribution in [0.1, 0.15) is 5.56 Å². The van der Waals surface area contributed by atoms with Crippen LogP contribution in [0.15, 0.2) is 41.3 Å². The number of rotatable bonds is 3. The van der Waals surface area contributed by atoms with E-state index >= 15 is 0 Å². The molecule has 2 rings (SSSR count). The van der Waals surface area contributed by atoms with Gasteiger partial charge in [-0.1, -0.05) is 0 Å². The minimum absolute atomic E-state index is 0.112. The number of hydrogen-bond donors (Lipinski definition) is 3. The summed E-state index contributed by atoms with van der Waals surface area (Å²) in [5.41, 5.74) is 7.14. The normalized spacial score (nSPS) is 11.3. The first kappa shape index (κ1) is 14.3. The smallest absolute Gasteiger partial charge is 0.240 e. The van der Waals surface area contributed by atoms with Gasteiger partial charge in [0.2, 0.25) is 10.0 Å².